The zero-order valence-electron chi connectivity index (χ0n) is 7.22. The first-order chi connectivity index (χ1) is 6.74. The molecule has 1 N–H and O–H groups in total. The maximum atomic E-state index is 10.6. The number of fused-ring (bicyclic) bond motifs is 1. The summed E-state index contributed by atoms with van der Waals surface area (Å²) in [5, 5.41) is 10.6. The van der Waals surface area contributed by atoms with Crippen LogP contribution in [0.25, 0.3) is 11.0 Å². The number of methoxy groups -OCH3 is 1. The third-order valence-electron chi connectivity index (χ3n) is 1.80. The van der Waals surface area contributed by atoms with E-state index in [0.717, 1.165) is 0 Å². The molecule has 2 heterocycles. The molecule has 0 aliphatic heterocycles. The fraction of sp³-hybridized carbons (Fsp3) is 0.143. The van der Waals surface area contributed by atoms with Crippen LogP contribution in [0.2, 0.25) is 0 Å². The van der Waals surface area contributed by atoms with Gasteiger partial charge in [-0.05, 0) is 0 Å². The number of ether oxygens (including phenoxy) is 1. The van der Waals surface area contributed by atoms with Gasteiger partial charge in [-0.2, -0.15) is 4.98 Å². The van der Waals surface area contributed by atoms with Crippen LogP contribution in [0.3, 0.4) is 0 Å². The molecule has 2 rings (SSSR count). The van der Waals surface area contributed by atoms with E-state index in [1.807, 2.05) is 0 Å². The molecule has 0 saturated carbocycles. The van der Waals surface area contributed by atoms with Gasteiger partial charge in [0.1, 0.15) is 11.8 Å². The fourth-order valence-electron chi connectivity index (χ4n) is 1.20. The first-order valence-electron chi connectivity index (χ1n) is 3.74. The van der Waals surface area contributed by atoms with E-state index in [4.69, 9.17) is 4.74 Å². The Morgan fingerprint density at radius 1 is 1.57 bits per heavy atom. The zero-order chi connectivity index (χ0) is 10.1. The average molecular weight is 194 g/mol. The third-order valence-corrected chi connectivity index (χ3v) is 1.80. The number of nitrogens with one attached hydrogen (secondary N) is 1. The van der Waals surface area contributed by atoms with Gasteiger partial charge in [0.05, 0.1) is 18.2 Å². The highest BCUT2D eigenvalue weighted by atomic mass is 16.6. The van der Waals surface area contributed by atoms with Crippen molar-refractivity contribution in [3.63, 3.8) is 0 Å². The molecule has 2 aromatic heterocycles. The minimum atomic E-state index is -0.509. The topological polar surface area (TPSA) is 93.9 Å². The molecular weight excluding hydrogens is 188 g/mol. The SMILES string of the molecule is COc1ncnc2c([N+](=O)[O-])c[nH]c12. The van der Waals surface area contributed by atoms with Crippen molar-refractivity contribution in [3.05, 3.63) is 22.6 Å². The van der Waals surface area contributed by atoms with E-state index < -0.39 is 4.92 Å². The molecule has 0 amide bonds. The summed E-state index contributed by atoms with van der Waals surface area (Å²) in [5.74, 6) is 0.295. The maximum Gasteiger partial charge on any atom is 0.313 e. The van der Waals surface area contributed by atoms with Crippen molar-refractivity contribution in [1.29, 1.82) is 0 Å². The van der Waals surface area contributed by atoms with Crippen LogP contribution in [-0.4, -0.2) is 27.0 Å². The molecule has 0 aromatic carbocycles. The number of H-pyrrole nitrogens is 1. The van der Waals surface area contributed by atoms with Gasteiger partial charge < -0.3 is 9.72 Å². The highest BCUT2D eigenvalue weighted by Crippen LogP contribution is 2.27. The summed E-state index contributed by atoms with van der Waals surface area (Å²) in [5.41, 5.74) is 0.601. The first kappa shape index (κ1) is 8.42. The van der Waals surface area contributed by atoms with E-state index >= 15 is 0 Å². The predicted molar refractivity (Wildman–Crippen MR) is 47.1 cm³/mol. The molecule has 0 bridgehead atoms. The normalized spacial score (nSPS) is 10.4. The van der Waals surface area contributed by atoms with E-state index in [-0.39, 0.29) is 11.2 Å². The summed E-state index contributed by atoms with van der Waals surface area (Å²) < 4.78 is 4.92. The van der Waals surface area contributed by atoms with Crippen LogP contribution in [0.4, 0.5) is 5.69 Å². The van der Waals surface area contributed by atoms with Gasteiger partial charge >= 0.3 is 5.69 Å². The van der Waals surface area contributed by atoms with Gasteiger partial charge in [0.15, 0.2) is 5.52 Å². The van der Waals surface area contributed by atoms with Gasteiger partial charge in [-0.25, -0.2) is 4.98 Å². The Balaban J connectivity index is 2.75. The van der Waals surface area contributed by atoms with E-state index in [1.54, 1.807) is 0 Å². The van der Waals surface area contributed by atoms with Crippen LogP contribution in [0.5, 0.6) is 5.88 Å². The van der Waals surface area contributed by atoms with E-state index in [1.165, 1.54) is 19.6 Å². The van der Waals surface area contributed by atoms with Crippen LogP contribution in [0.15, 0.2) is 12.5 Å². The molecule has 7 nitrogen and oxygen atoms in total. The molecule has 0 saturated heterocycles. The second kappa shape index (κ2) is 2.95. The second-order valence-corrected chi connectivity index (χ2v) is 2.54. The molecule has 72 valence electrons. The molecule has 2 aromatic rings. The Morgan fingerprint density at radius 2 is 2.36 bits per heavy atom. The van der Waals surface area contributed by atoms with Gasteiger partial charge in [0.25, 0.3) is 0 Å². The molecule has 14 heavy (non-hydrogen) atoms. The summed E-state index contributed by atoms with van der Waals surface area (Å²) in [6.07, 6.45) is 2.49. The Kier molecular flexibility index (Phi) is 1.77. The quantitative estimate of drug-likeness (QED) is 0.565. The highest BCUT2D eigenvalue weighted by molar-refractivity contribution is 5.87. The molecule has 0 spiro atoms. The maximum absolute atomic E-state index is 10.6. The van der Waals surface area contributed by atoms with Crippen LogP contribution < -0.4 is 4.74 Å². The molecule has 0 radical (unpaired) electrons. The van der Waals surface area contributed by atoms with Crippen LogP contribution in [0, 0.1) is 10.1 Å². The summed E-state index contributed by atoms with van der Waals surface area (Å²) in [4.78, 5) is 20.4. The van der Waals surface area contributed by atoms with Crippen molar-refractivity contribution in [3.8, 4) is 5.88 Å². The van der Waals surface area contributed by atoms with Crippen molar-refractivity contribution in [2.75, 3.05) is 7.11 Å². The van der Waals surface area contributed by atoms with Crippen molar-refractivity contribution in [2.45, 2.75) is 0 Å². The minimum Gasteiger partial charge on any atom is -0.479 e. The summed E-state index contributed by atoms with van der Waals surface area (Å²) in [6, 6.07) is 0. The van der Waals surface area contributed by atoms with Gasteiger partial charge in [-0.3, -0.25) is 10.1 Å². The predicted octanol–water partition coefficient (Wildman–Crippen LogP) is 0.875. The van der Waals surface area contributed by atoms with Gasteiger partial charge in [-0.1, -0.05) is 0 Å². The third kappa shape index (κ3) is 1.06. The first-order valence-corrected chi connectivity index (χ1v) is 3.74. The monoisotopic (exact) mass is 194 g/mol. The molecule has 0 aliphatic rings. The van der Waals surface area contributed by atoms with E-state index in [0.29, 0.717) is 11.4 Å². The summed E-state index contributed by atoms with van der Waals surface area (Å²) in [6.45, 7) is 0. The van der Waals surface area contributed by atoms with Crippen molar-refractivity contribution < 1.29 is 9.66 Å². The van der Waals surface area contributed by atoms with Gasteiger partial charge in [0, 0.05) is 0 Å². The van der Waals surface area contributed by atoms with Crippen molar-refractivity contribution >= 4 is 16.7 Å². The standard InChI is InChI=1S/C7H6N4O3/c1-14-7-6-5(9-3-10-7)4(2-8-6)11(12)13/h2-3,8H,1H3. The second-order valence-electron chi connectivity index (χ2n) is 2.54. The molecule has 0 unspecified atom stereocenters. The van der Waals surface area contributed by atoms with Crippen LogP contribution >= 0.6 is 0 Å². The summed E-state index contributed by atoms with van der Waals surface area (Å²) in [7, 11) is 1.44. The number of aromatic amines is 1. The minimum absolute atomic E-state index is 0.0827. The fourth-order valence-corrected chi connectivity index (χ4v) is 1.20. The lowest BCUT2D eigenvalue weighted by Crippen LogP contribution is -1.91. The number of aromatic nitrogens is 3. The van der Waals surface area contributed by atoms with Crippen LogP contribution in [-0.2, 0) is 0 Å². The van der Waals surface area contributed by atoms with Crippen molar-refractivity contribution in [2.24, 2.45) is 0 Å². The largest absolute Gasteiger partial charge is 0.479 e. The molecule has 7 heteroatoms. The Labute approximate surface area is 77.9 Å². The van der Waals surface area contributed by atoms with Gasteiger partial charge in [0.2, 0.25) is 5.88 Å². The lowest BCUT2D eigenvalue weighted by Gasteiger charge is -1.97. The molecule has 0 aliphatic carbocycles. The smallest absolute Gasteiger partial charge is 0.313 e. The molecular formula is C7H6N4O3. The Hall–Kier alpha value is -2.18. The Morgan fingerprint density at radius 3 is 3.00 bits per heavy atom. The molecule has 0 atom stereocenters. The highest BCUT2D eigenvalue weighted by Gasteiger charge is 2.18. The van der Waals surface area contributed by atoms with Crippen molar-refractivity contribution in [1.82, 2.24) is 15.0 Å². The lowest BCUT2D eigenvalue weighted by atomic mass is 10.4. The average Bonchev–Trinajstić information content (AvgIpc) is 2.60. The number of rotatable bonds is 2. The Bertz CT molecular complexity index is 493. The number of hydrogen-bond acceptors (Lipinski definition) is 5. The summed E-state index contributed by atoms with van der Waals surface area (Å²) >= 11 is 0. The molecule has 0 fully saturated rings. The van der Waals surface area contributed by atoms with Gasteiger partial charge in [-0.15, -0.1) is 0 Å². The number of hydrogen-bond donors (Lipinski definition) is 1. The number of nitrogens with zero attached hydrogens (tertiary/aromatic N) is 3. The van der Waals surface area contributed by atoms with Crippen LogP contribution in [0.1, 0.15) is 0 Å². The lowest BCUT2D eigenvalue weighted by molar-refractivity contribution is -0.383. The van der Waals surface area contributed by atoms with E-state index in [9.17, 15) is 10.1 Å². The zero-order valence-corrected chi connectivity index (χ0v) is 7.22. The van der Waals surface area contributed by atoms with E-state index in [2.05, 4.69) is 15.0 Å². The number of nitro groups is 1.